The van der Waals surface area contributed by atoms with Crippen molar-refractivity contribution < 1.29 is 0 Å². The lowest BCUT2D eigenvalue weighted by atomic mass is 9.95. The minimum atomic E-state index is -0.362. The molecule has 9 rings (SSSR count). The number of benzene rings is 2. The number of piperazine rings is 2. The molecule has 59 heavy (non-hydrogen) atoms. The number of hydrogen-bond donors (Lipinski definition) is 2. The van der Waals surface area contributed by atoms with Crippen LogP contribution in [0.3, 0.4) is 0 Å². The molecule has 4 aromatic heterocycles. The zero-order chi connectivity index (χ0) is 41.6. The van der Waals surface area contributed by atoms with E-state index in [1.807, 2.05) is 57.7 Å². The highest BCUT2D eigenvalue weighted by molar-refractivity contribution is 5.76. The molecular formula is C43H56N12O4. The first-order valence-corrected chi connectivity index (χ1v) is 20.8. The van der Waals surface area contributed by atoms with Crippen LogP contribution in [0.15, 0.2) is 79.8 Å². The van der Waals surface area contributed by atoms with Crippen molar-refractivity contribution in [2.75, 3.05) is 49.1 Å². The Hall–Kier alpha value is -5.74. The molecule has 0 unspecified atom stereocenters. The van der Waals surface area contributed by atoms with Crippen LogP contribution in [0.1, 0.15) is 50.7 Å². The van der Waals surface area contributed by atoms with E-state index in [9.17, 15) is 19.2 Å². The van der Waals surface area contributed by atoms with Crippen molar-refractivity contribution >= 4 is 34.2 Å². The minimum Gasteiger partial charge on any atom is -0.339 e. The highest BCUT2D eigenvalue weighted by Gasteiger charge is 2.39. The average molecular weight is 805 g/mol. The topological polar surface area (TPSA) is 154 Å². The Morgan fingerprint density at radius 3 is 1.63 bits per heavy atom. The number of rotatable bonds is 7. The quantitative estimate of drug-likeness (QED) is 0.246. The second-order valence-corrected chi connectivity index (χ2v) is 16.8. The third kappa shape index (κ3) is 7.43. The molecule has 1 atom stereocenters. The van der Waals surface area contributed by atoms with E-state index in [1.165, 1.54) is 53.5 Å². The molecule has 1 saturated carbocycles. The van der Waals surface area contributed by atoms with Gasteiger partial charge in [-0.2, -0.15) is 9.97 Å². The SMILES string of the molecule is CC(C)[C@H]1CN(c2nc3c(c(=O)n(C)c(=O)n3C)n2Cc2ccccc2)CCN1.Cn1c(=O)c2c(nc(N3CCNC4(CCCC4)C3)n2Cc2ccccc2)n(C)c1=O. The molecule has 1 spiro atoms. The van der Waals surface area contributed by atoms with Crippen LogP contribution in [0.5, 0.6) is 0 Å². The Kier molecular flexibility index (Phi) is 11.0. The summed E-state index contributed by atoms with van der Waals surface area (Å²) in [5.74, 6) is 2.01. The maximum atomic E-state index is 13.1. The number of aromatic nitrogens is 8. The lowest BCUT2D eigenvalue weighted by Crippen LogP contribution is -2.59. The molecular weight excluding hydrogens is 749 g/mol. The van der Waals surface area contributed by atoms with Gasteiger partial charge in [0.1, 0.15) is 0 Å². The van der Waals surface area contributed by atoms with Crippen LogP contribution in [0.4, 0.5) is 11.9 Å². The average Bonchev–Trinajstić information content (AvgIpc) is 3.98. The summed E-state index contributed by atoms with van der Waals surface area (Å²) in [5.41, 5.74) is 2.82. The summed E-state index contributed by atoms with van der Waals surface area (Å²) in [7, 11) is 6.40. The Labute approximate surface area is 342 Å². The molecule has 2 saturated heterocycles. The fourth-order valence-corrected chi connectivity index (χ4v) is 9.10. The third-order valence-electron chi connectivity index (χ3n) is 12.5. The van der Waals surface area contributed by atoms with E-state index in [-0.39, 0.29) is 28.0 Å². The second-order valence-electron chi connectivity index (χ2n) is 16.8. The number of aryl methyl sites for hydroxylation is 2. The summed E-state index contributed by atoms with van der Waals surface area (Å²) >= 11 is 0. The monoisotopic (exact) mass is 804 g/mol. The van der Waals surface area contributed by atoms with E-state index in [0.29, 0.717) is 47.4 Å². The van der Waals surface area contributed by atoms with Gasteiger partial charge in [-0.1, -0.05) is 87.4 Å². The van der Waals surface area contributed by atoms with Gasteiger partial charge in [0.25, 0.3) is 11.1 Å². The van der Waals surface area contributed by atoms with Crippen LogP contribution < -0.4 is 42.9 Å². The van der Waals surface area contributed by atoms with E-state index >= 15 is 0 Å². The van der Waals surface area contributed by atoms with E-state index in [0.717, 1.165) is 66.9 Å². The maximum Gasteiger partial charge on any atom is 0.332 e. The molecule has 2 aliphatic heterocycles. The van der Waals surface area contributed by atoms with Gasteiger partial charge in [-0.25, -0.2) is 9.59 Å². The van der Waals surface area contributed by atoms with E-state index < -0.39 is 0 Å². The summed E-state index contributed by atoms with van der Waals surface area (Å²) in [4.78, 5) is 65.3. The van der Waals surface area contributed by atoms with Crippen LogP contribution in [0, 0.1) is 5.92 Å². The van der Waals surface area contributed by atoms with Gasteiger partial charge in [0.05, 0.1) is 13.1 Å². The van der Waals surface area contributed by atoms with Crippen molar-refractivity contribution in [1.82, 2.24) is 48.0 Å². The lowest BCUT2D eigenvalue weighted by Gasteiger charge is -2.42. The summed E-state index contributed by atoms with van der Waals surface area (Å²) in [6.07, 6.45) is 4.83. The lowest BCUT2D eigenvalue weighted by molar-refractivity contribution is 0.301. The number of hydrogen-bond acceptors (Lipinski definition) is 10. The first kappa shape index (κ1) is 40.1. The largest absolute Gasteiger partial charge is 0.339 e. The summed E-state index contributed by atoms with van der Waals surface area (Å²) < 4.78 is 9.24. The molecule has 0 bridgehead atoms. The van der Waals surface area contributed by atoms with Gasteiger partial charge in [-0.05, 0) is 29.9 Å². The minimum absolute atomic E-state index is 0.130. The fraction of sp³-hybridized carbons (Fsp3) is 0.488. The van der Waals surface area contributed by atoms with Gasteiger partial charge in [0.15, 0.2) is 22.3 Å². The molecule has 2 aromatic carbocycles. The van der Waals surface area contributed by atoms with E-state index in [4.69, 9.17) is 9.97 Å². The predicted molar refractivity (Wildman–Crippen MR) is 232 cm³/mol. The van der Waals surface area contributed by atoms with Crippen LogP contribution in [-0.4, -0.2) is 88.2 Å². The van der Waals surface area contributed by atoms with Crippen LogP contribution in [-0.2, 0) is 41.3 Å². The standard InChI is InChI=1S/C22H28N6O2.C21H28N6O2/c1-25-18-17(19(29)26(2)21(25)30)28(14-16-8-4-3-5-9-16)20(24-18)27-13-12-23-22(15-27)10-6-7-11-22;1-14(2)16-13-26(11-10-22-16)20-23-18-17(19(28)25(4)21(29)24(18)3)27(20)12-15-8-6-5-7-9-15/h3-5,8-9,23H,6-7,10-15H2,1-2H3;5-9,14,16,22H,10-13H2,1-4H3/t;16-/m.1/s1. The zero-order valence-electron chi connectivity index (χ0n) is 35.0. The molecule has 6 aromatic rings. The van der Waals surface area contributed by atoms with Crippen molar-refractivity contribution in [3.63, 3.8) is 0 Å². The summed E-state index contributed by atoms with van der Waals surface area (Å²) in [6.45, 7) is 10.5. The smallest absolute Gasteiger partial charge is 0.332 e. The van der Waals surface area contributed by atoms with Crippen LogP contribution in [0.25, 0.3) is 22.3 Å². The van der Waals surface area contributed by atoms with Crippen molar-refractivity contribution in [2.24, 2.45) is 34.1 Å². The number of imidazole rings is 2. The second kappa shape index (κ2) is 16.1. The summed E-state index contributed by atoms with van der Waals surface area (Å²) in [5, 5.41) is 7.30. The molecule has 3 fully saturated rings. The Morgan fingerprint density at radius 2 is 1.14 bits per heavy atom. The fourth-order valence-electron chi connectivity index (χ4n) is 9.10. The molecule has 3 aliphatic rings. The molecule has 0 amide bonds. The van der Waals surface area contributed by atoms with Crippen molar-refractivity contribution in [3.8, 4) is 0 Å². The van der Waals surface area contributed by atoms with Gasteiger partial charge in [-0.3, -0.25) is 37.0 Å². The molecule has 2 N–H and O–H groups in total. The number of nitrogens with one attached hydrogen (secondary N) is 2. The van der Waals surface area contributed by atoms with Gasteiger partial charge in [0.2, 0.25) is 11.9 Å². The van der Waals surface area contributed by atoms with Crippen molar-refractivity contribution in [1.29, 1.82) is 0 Å². The predicted octanol–water partition coefficient (Wildman–Crippen LogP) is 2.12. The number of nitrogens with zero attached hydrogens (tertiary/aromatic N) is 10. The van der Waals surface area contributed by atoms with Crippen LogP contribution >= 0.6 is 0 Å². The normalized spacial score (nSPS) is 18.0. The maximum absolute atomic E-state index is 13.1. The Morgan fingerprint density at radius 1 is 0.661 bits per heavy atom. The van der Waals surface area contributed by atoms with Gasteiger partial charge in [-0.15, -0.1) is 0 Å². The Bertz CT molecular complexity index is 2720. The first-order chi connectivity index (χ1) is 28.4. The third-order valence-corrected chi connectivity index (χ3v) is 12.5. The molecule has 0 radical (unpaired) electrons. The summed E-state index contributed by atoms with van der Waals surface area (Å²) in [6, 6.07) is 20.5. The van der Waals surface area contributed by atoms with Crippen molar-refractivity contribution in [3.05, 3.63) is 113 Å². The molecule has 16 heteroatoms. The number of fused-ring (bicyclic) bond motifs is 2. The van der Waals surface area contributed by atoms with E-state index in [2.05, 4.69) is 46.4 Å². The van der Waals surface area contributed by atoms with Gasteiger partial charge < -0.3 is 20.4 Å². The van der Waals surface area contributed by atoms with Crippen LogP contribution in [0.2, 0.25) is 0 Å². The van der Waals surface area contributed by atoms with Gasteiger partial charge in [0, 0.05) is 79.0 Å². The molecule has 312 valence electrons. The highest BCUT2D eigenvalue weighted by atomic mass is 16.2. The highest BCUT2D eigenvalue weighted by Crippen LogP contribution is 2.34. The number of anilines is 2. The van der Waals surface area contributed by atoms with E-state index in [1.54, 1.807) is 14.1 Å². The first-order valence-electron chi connectivity index (χ1n) is 20.8. The van der Waals surface area contributed by atoms with Gasteiger partial charge >= 0.3 is 11.4 Å². The molecule has 16 nitrogen and oxygen atoms in total. The zero-order valence-corrected chi connectivity index (χ0v) is 35.0. The molecule has 6 heterocycles. The molecule has 1 aliphatic carbocycles. The Balaban J connectivity index is 0.000000164. The van der Waals surface area contributed by atoms with Crippen molar-refractivity contribution in [2.45, 2.75) is 64.2 Å².